The Balaban J connectivity index is 1.69. The molecule has 1 aromatic carbocycles. The number of thiocarbonyl (C=S) groups is 1. The third kappa shape index (κ3) is 4.63. The minimum absolute atomic E-state index is 0.150. The number of benzene rings is 1. The zero-order chi connectivity index (χ0) is 19.6. The molecule has 2 atom stereocenters. The fourth-order valence-electron chi connectivity index (χ4n) is 4.36. The largest absolute Gasteiger partial charge is 0.353 e. The maximum atomic E-state index is 12.4. The normalized spacial score (nSPS) is 25.0. The van der Waals surface area contributed by atoms with Crippen LogP contribution in [0, 0.1) is 5.41 Å². The molecule has 0 radical (unpaired) electrons. The molecule has 0 spiro atoms. The molecule has 2 fully saturated rings. The van der Waals surface area contributed by atoms with E-state index in [2.05, 4.69) is 46.7 Å². The number of para-hydroxylation sites is 1. The number of piperidine rings is 2. The molecule has 0 aromatic heterocycles. The summed E-state index contributed by atoms with van der Waals surface area (Å²) < 4.78 is 0. The molecule has 2 bridgehead atoms. The van der Waals surface area contributed by atoms with Crippen LogP contribution in [0.1, 0.15) is 65.4 Å². The molecular formula is C22H33N3OS. The van der Waals surface area contributed by atoms with E-state index in [1.54, 1.807) is 0 Å². The fourth-order valence-corrected chi connectivity index (χ4v) is 4.77. The minimum Gasteiger partial charge on any atom is -0.353 e. The molecule has 2 heterocycles. The van der Waals surface area contributed by atoms with Crippen LogP contribution in [0.25, 0.3) is 0 Å². The molecule has 0 unspecified atom stereocenters. The molecule has 27 heavy (non-hydrogen) atoms. The summed E-state index contributed by atoms with van der Waals surface area (Å²) >= 11 is 5.83. The number of aryl methyl sites for hydroxylation is 1. The SMILES string of the molecule is CCc1ccccc1NC(=S)N1[C@H]2CCC[C@H]1CC(NC(=O)C(C)(C)C)C2. The van der Waals surface area contributed by atoms with Crippen molar-refractivity contribution >= 4 is 28.9 Å². The third-order valence-electron chi connectivity index (χ3n) is 5.87. The van der Waals surface area contributed by atoms with E-state index < -0.39 is 0 Å². The van der Waals surface area contributed by atoms with Crippen LogP contribution in [-0.4, -0.2) is 34.0 Å². The number of hydrogen-bond donors (Lipinski definition) is 2. The maximum absolute atomic E-state index is 12.4. The van der Waals surface area contributed by atoms with E-state index >= 15 is 0 Å². The van der Waals surface area contributed by atoms with Crippen LogP contribution in [0.15, 0.2) is 24.3 Å². The summed E-state index contributed by atoms with van der Waals surface area (Å²) in [4.78, 5) is 14.8. The van der Waals surface area contributed by atoms with Crippen LogP contribution in [-0.2, 0) is 11.2 Å². The van der Waals surface area contributed by atoms with Crippen LogP contribution in [0.5, 0.6) is 0 Å². The van der Waals surface area contributed by atoms with Gasteiger partial charge in [0.1, 0.15) is 0 Å². The average Bonchev–Trinajstić information content (AvgIpc) is 2.60. The lowest BCUT2D eigenvalue weighted by Crippen LogP contribution is -2.60. The number of hydrogen-bond acceptors (Lipinski definition) is 2. The van der Waals surface area contributed by atoms with Crippen LogP contribution >= 0.6 is 12.2 Å². The molecular weight excluding hydrogens is 354 g/mol. The molecule has 2 aliphatic heterocycles. The van der Waals surface area contributed by atoms with Crippen molar-refractivity contribution in [3.63, 3.8) is 0 Å². The Hall–Kier alpha value is -1.62. The van der Waals surface area contributed by atoms with Crippen LogP contribution < -0.4 is 10.6 Å². The monoisotopic (exact) mass is 387 g/mol. The molecule has 1 amide bonds. The number of fused-ring (bicyclic) bond motifs is 2. The predicted molar refractivity (Wildman–Crippen MR) is 116 cm³/mol. The Kier molecular flexibility index (Phi) is 6.09. The summed E-state index contributed by atoms with van der Waals surface area (Å²) in [6, 6.07) is 9.48. The van der Waals surface area contributed by atoms with E-state index in [-0.39, 0.29) is 17.4 Å². The van der Waals surface area contributed by atoms with Gasteiger partial charge in [-0.1, -0.05) is 45.9 Å². The third-order valence-corrected chi connectivity index (χ3v) is 6.18. The van der Waals surface area contributed by atoms with Crippen molar-refractivity contribution in [2.24, 2.45) is 5.41 Å². The Morgan fingerprint density at radius 2 is 1.81 bits per heavy atom. The van der Waals surface area contributed by atoms with Crippen molar-refractivity contribution in [2.75, 3.05) is 5.32 Å². The van der Waals surface area contributed by atoms with Crippen molar-refractivity contribution in [3.05, 3.63) is 29.8 Å². The topological polar surface area (TPSA) is 44.4 Å². The van der Waals surface area contributed by atoms with E-state index in [0.29, 0.717) is 12.1 Å². The summed E-state index contributed by atoms with van der Waals surface area (Å²) in [7, 11) is 0. The number of nitrogens with one attached hydrogen (secondary N) is 2. The minimum atomic E-state index is -0.340. The second-order valence-corrected chi connectivity index (χ2v) is 9.37. The fraction of sp³-hybridized carbons (Fsp3) is 0.636. The van der Waals surface area contributed by atoms with Crippen molar-refractivity contribution in [2.45, 2.75) is 84.3 Å². The van der Waals surface area contributed by atoms with Gasteiger partial charge in [0.15, 0.2) is 5.11 Å². The summed E-state index contributed by atoms with van der Waals surface area (Å²) in [5, 5.41) is 7.63. The first-order valence-electron chi connectivity index (χ1n) is 10.3. The summed E-state index contributed by atoms with van der Waals surface area (Å²) in [6.07, 6.45) is 6.50. The van der Waals surface area contributed by atoms with Gasteiger partial charge in [0, 0.05) is 29.2 Å². The summed E-state index contributed by atoms with van der Waals surface area (Å²) in [6.45, 7) is 8.09. The van der Waals surface area contributed by atoms with Crippen molar-refractivity contribution in [1.82, 2.24) is 10.2 Å². The standard InChI is InChI=1S/C22H33N3OS/c1-5-15-9-6-7-12-19(15)24-21(27)25-17-10-8-11-18(25)14-16(13-17)23-20(26)22(2,3)4/h6-7,9,12,16-18H,5,8,10-11,13-14H2,1-4H3,(H,23,26)(H,24,27)/t17-,18-/m0/s1. The Labute approximate surface area is 169 Å². The number of anilines is 1. The molecule has 5 heteroatoms. The van der Waals surface area contributed by atoms with E-state index in [1.807, 2.05) is 20.8 Å². The molecule has 4 nitrogen and oxygen atoms in total. The average molecular weight is 388 g/mol. The quantitative estimate of drug-likeness (QED) is 0.750. The highest BCUT2D eigenvalue weighted by Crippen LogP contribution is 2.35. The number of rotatable bonds is 3. The predicted octanol–water partition coefficient (Wildman–Crippen LogP) is 4.49. The van der Waals surface area contributed by atoms with E-state index in [9.17, 15) is 4.79 Å². The molecule has 0 saturated carbocycles. The number of nitrogens with zero attached hydrogens (tertiary/aromatic N) is 1. The number of carbonyl (C=O) groups excluding carboxylic acids is 1. The first-order chi connectivity index (χ1) is 12.8. The van der Waals surface area contributed by atoms with Crippen LogP contribution in [0.3, 0.4) is 0 Å². The Morgan fingerprint density at radius 1 is 1.19 bits per heavy atom. The smallest absolute Gasteiger partial charge is 0.225 e. The lowest BCUT2D eigenvalue weighted by atomic mass is 9.81. The lowest BCUT2D eigenvalue weighted by Gasteiger charge is -2.50. The Bertz CT molecular complexity index is 683. The highest BCUT2D eigenvalue weighted by Gasteiger charge is 2.40. The van der Waals surface area contributed by atoms with E-state index in [1.165, 1.54) is 12.0 Å². The first-order valence-corrected chi connectivity index (χ1v) is 10.7. The summed E-state index contributed by atoms with van der Waals surface area (Å²) in [5.74, 6) is 0.150. The lowest BCUT2D eigenvalue weighted by molar-refractivity contribution is -0.129. The van der Waals surface area contributed by atoms with Crippen LogP contribution in [0.2, 0.25) is 0 Å². The summed E-state index contributed by atoms with van der Waals surface area (Å²) in [5.41, 5.74) is 2.07. The van der Waals surface area contributed by atoms with E-state index in [4.69, 9.17) is 12.2 Å². The highest BCUT2D eigenvalue weighted by atomic mass is 32.1. The van der Waals surface area contributed by atoms with Gasteiger partial charge in [0.05, 0.1) is 0 Å². The molecule has 3 rings (SSSR count). The molecule has 148 valence electrons. The Morgan fingerprint density at radius 3 is 2.41 bits per heavy atom. The van der Waals surface area contributed by atoms with Gasteiger partial charge in [-0.2, -0.15) is 0 Å². The van der Waals surface area contributed by atoms with Gasteiger partial charge in [-0.15, -0.1) is 0 Å². The van der Waals surface area contributed by atoms with Gasteiger partial charge in [0.25, 0.3) is 0 Å². The van der Waals surface area contributed by atoms with Gasteiger partial charge in [-0.3, -0.25) is 4.79 Å². The van der Waals surface area contributed by atoms with Crippen LogP contribution in [0.4, 0.5) is 5.69 Å². The molecule has 2 aliphatic rings. The van der Waals surface area contributed by atoms with Crippen molar-refractivity contribution < 1.29 is 4.79 Å². The zero-order valence-corrected chi connectivity index (χ0v) is 17.9. The van der Waals surface area contributed by atoms with Crippen molar-refractivity contribution in [1.29, 1.82) is 0 Å². The first kappa shape index (κ1) is 20.1. The second kappa shape index (κ2) is 8.17. The highest BCUT2D eigenvalue weighted by molar-refractivity contribution is 7.80. The van der Waals surface area contributed by atoms with Gasteiger partial charge < -0.3 is 15.5 Å². The van der Waals surface area contributed by atoms with Gasteiger partial charge in [0.2, 0.25) is 5.91 Å². The van der Waals surface area contributed by atoms with Gasteiger partial charge >= 0.3 is 0 Å². The van der Waals surface area contributed by atoms with E-state index in [0.717, 1.165) is 42.9 Å². The second-order valence-electron chi connectivity index (χ2n) is 8.98. The molecule has 0 aliphatic carbocycles. The zero-order valence-electron chi connectivity index (χ0n) is 17.0. The molecule has 2 N–H and O–H groups in total. The number of carbonyl (C=O) groups is 1. The van der Waals surface area contributed by atoms with Crippen molar-refractivity contribution in [3.8, 4) is 0 Å². The molecule has 2 saturated heterocycles. The van der Waals surface area contributed by atoms with Gasteiger partial charge in [-0.25, -0.2) is 0 Å². The molecule has 1 aromatic rings. The maximum Gasteiger partial charge on any atom is 0.225 e. The number of amides is 1. The van der Waals surface area contributed by atoms with Gasteiger partial charge in [-0.05, 0) is 62.4 Å².